The summed E-state index contributed by atoms with van der Waals surface area (Å²) < 4.78 is 6.95. The van der Waals surface area contributed by atoms with E-state index in [1.54, 1.807) is 0 Å². The Hall–Kier alpha value is -1.97. The van der Waals surface area contributed by atoms with Gasteiger partial charge < -0.3 is 25.7 Å². The molecule has 4 atom stereocenters. The van der Waals surface area contributed by atoms with E-state index in [2.05, 4.69) is 15.0 Å². The van der Waals surface area contributed by atoms with Gasteiger partial charge in [-0.15, -0.1) is 0 Å². The third kappa shape index (κ3) is 2.71. The van der Waals surface area contributed by atoms with Crippen LogP contribution in [0.4, 0.5) is 5.82 Å². The van der Waals surface area contributed by atoms with E-state index in [9.17, 15) is 15.0 Å². The third-order valence-electron chi connectivity index (χ3n) is 3.94. The molecule has 4 unspecified atom stereocenters. The number of aromatic amines is 1. The van der Waals surface area contributed by atoms with Crippen LogP contribution >= 0.6 is 0 Å². The summed E-state index contributed by atoms with van der Waals surface area (Å²) in [7, 11) is 0. The van der Waals surface area contributed by atoms with Crippen LogP contribution in [0.1, 0.15) is 33.4 Å². The highest BCUT2D eigenvalue weighted by Crippen LogP contribution is 2.36. The van der Waals surface area contributed by atoms with E-state index < -0.39 is 30.2 Å². The van der Waals surface area contributed by atoms with Gasteiger partial charge in [-0.05, 0) is 11.8 Å². The van der Waals surface area contributed by atoms with Gasteiger partial charge in [-0.2, -0.15) is 0 Å². The second kappa shape index (κ2) is 5.29. The van der Waals surface area contributed by atoms with Crippen LogP contribution in [-0.4, -0.2) is 48.0 Å². The second-order valence-corrected chi connectivity index (χ2v) is 7.07. The number of imidazole rings is 1. The van der Waals surface area contributed by atoms with E-state index in [-0.39, 0.29) is 22.4 Å². The Morgan fingerprint density at radius 2 is 2.04 bits per heavy atom. The highest BCUT2D eigenvalue weighted by atomic mass is 16.6. The molecule has 3 heterocycles. The largest absolute Gasteiger partial charge is 0.388 e. The van der Waals surface area contributed by atoms with Crippen LogP contribution in [0.15, 0.2) is 11.1 Å². The molecule has 0 amide bonds. The summed E-state index contributed by atoms with van der Waals surface area (Å²) in [5.74, 6) is 0.130. The highest BCUT2D eigenvalue weighted by Gasteiger charge is 2.46. The number of rotatable bonds is 2. The molecule has 1 aliphatic rings. The zero-order chi connectivity index (χ0) is 16.9. The Morgan fingerprint density at radius 1 is 1.35 bits per heavy atom. The van der Waals surface area contributed by atoms with Crippen molar-refractivity contribution in [2.24, 2.45) is 5.41 Å². The predicted molar refractivity (Wildman–Crippen MR) is 82.6 cm³/mol. The van der Waals surface area contributed by atoms with Gasteiger partial charge in [-0.1, -0.05) is 20.8 Å². The quantitative estimate of drug-likeness (QED) is 0.598. The molecule has 1 saturated heterocycles. The molecule has 0 spiro atoms. The summed E-state index contributed by atoms with van der Waals surface area (Å²) >= 11 is 0. The lowest BCUT2D eigenvalue weighted by atomic mass is 9.87. The number of hydrogen-bond acceptors (Lipinski definition) is 7. The second-order valence-electron chi connectivity index (χ2n) is 7.07. The fourth-order valence-electron chi connectivity index (χ4n) is 2.91. The lowest BCUT2D eigenvalue weighted by Crippen LogP contribution is -2.35. The molecule has 1 aliphatic heterocycles. The zero-order valence-electron chi connectivity index (χ0n) is 13.2. The van der Waals surface area contributed by atoms with Crippen LogP contribution in [0, 0.1) is 5.41 Å². The van der Waals surface area contributed by atoms with Crippen molar-refractivity contribution < 1.29 is 14.9 Å². The Bertz CT molecular complexity index is 778. The Labute approximate surface area is 132 Å². The topological polar surface area (TPSA) is 139 Å². The van der Waals surface area contributed by atoms with E-state index in [0.717, 1.165) is 0 Å². The van der Waals surface area contributed by atoms with Crippen LogP contribution in [0.5, 0.6) is 0 Å². The van der Waals surface area contributed by atoms with Gasteiger partial charge in [0.05, 0.1) is 6.10 Å². The molecule has 23 heavy (non-hydrogen) atoms. The Balaban J connectivity index is 2.01. The van der Waals surface area contributed by atoms with Crippen LogP contribution < -0.4 is 11.4 Å². The molecule has 1 fully saturated rings. The molecule has 0 saturated carbocycles. The van der Waals surface area contributed by atoms with Gasteiger partial charge in [-0.25, -0.2) is 19.3 Å². The maximum absolute atomic E-state index is 12.2. The number of anilines is 1. The summed E-state index contributed by atoms with van der Waals surface area (Å²) in [6.45, 7) is 6.03. The van der Waals surface area contributed by atoms with Crippen molar-refractivity contribution in [3.63, 3.8) is 0 Å². The van der Waals surface area contributed by atoms with Crippen LogP contribution in [0.25, 0.3) is 11.2 Å². The van der Waals surface area contributed by atoms with Crippen molar-refractivity contribution in [1.82, 2.24) is 19.5 Å². The predicted octanol–water partition coefficient (Wildman–Crippen LogP) is -0.243. The smallest absolute Gasteiger partial charge is 0.330 e. The van der Waals surface area contributed by atoms with E-state index in [0.29, 0.717) is 6.42 Å². The molecule has 2 aromatic rings. The van der Waals surface area contributed by atoms with Crippen LogP contribution in [0.2, 0.25) is 0 Å². The summed E-state index contributed by atoms with van der Waals surface area (Å²) in [6.07, 6.45) is -2.17. The number of H-pyrrole nitrogens is 1. The number of nitrogens with two attached hydrogens (primary N) is 1. The number of nitrogens with one attached hydrogen (secondary N) is 1. The highest BCUT2D eigenvalue weighted by molar-refractivity contribution is 5.81. The van der Waals surface area contributed by atoms with Crippen molar-refractivity contribution in [3.8, 4) is 0 Å². The van der Waals surface area contributed by atoms with Gasteiger partial charge in [0.1, 0.15) is 24.1 Å². The van der Waals surface area contributed by atoms with E-state index in [1.165, 1.54) is 10.9 Å². The number of aliphatic hydroxyl groups is 2. The first-order valence-corrected chi connectivity index (χ1v) is 7.41. The molecular weight excluding hydrogens is 302 g/mol. The lowest BCUT2D eigenvalue weighted by molar-refractivity contribution is -0.0471. The number of aromatic nitrogens is 4. The Morgan fingerprint density at radius 3 is 2.70 bits per heavy atom. The molecular formula is C14H21N5O4. The van der Waals surface area contributed by atoms with Crippen molar-refractivity contribution in [2.45, 2.75) is 51.7 Å². The van der Waals surface area contributed by atoms with Gasteiger partial charge in [0.2, 0.25) is 0 Å². The molecule has 2 aromatic heterocycles. The number of nitrogens with zero attached hydrogens (tertiary/aromatic N) is 3. The Kier molecular flexibility index (Phi) is 3.66. The molecule has 9 nitrogen and oxygen atoms in total. The van der Waals surface area contributed by atoms with E-state index >= 15 is 0 Å². The molecule has 5 N–H and O–H groups in total. The fourth-order valence-corrected chi connectivity index (χ4v) is 2.91. The van der Waals surface area contributed by atoms with Gasteiger partial charge in [-0.3, -0.25) is 0 Å². The molecule has 3 rings (SSSR count). The van der Waals surface area contributed by atoms with E-state index in [4.69, 9.17) is 10.5 Å². The van der Waals surface area contributed by atoms with Crippen molar-refractivity contribution in [3.05, 3.63) is 16.8 Å². The zero-order valence-corrected chi connectivity index (χ0v) is 13.2. The normalized spacial score (nSPS) is 28.6. The number of hydrogen-bond donors (Lipinski definition) is 4. The fraction of sp³-hybridized carbons (Fsp3) is 0.643. The first kappa shape index (κ1) is 15.9. The lowest BCUT2D eigenvalue weighted by Gasteiger charge is -2.24. The standard InChI is InChI=1S/C14H21N5O4/c1-14(2,3)4-6-8(20)9(21)12(23-6)19-11-7(18-13(19)22)10(15)16-5-17-11/h5-6,8-9,12,20-21H,4H2,1-3H3,(H,18,22)(H2,15,16,17). The van der Waals surface area contributed by atoms with Crippen LogP contribution in [0.3, 0.4) is 0 Å². The average molecular weight is 323 g/mol. The minimum Gasteiger partial charge on any atom is -0.388 e. The molecule has 0 aromatic carbocycles. The maximum Gasteiger partial charge on any atom is 0.330 e. The molecule has 0 bridgehead atoms. The van der Waals surface area contributed by atoms with Crippen molar-refractivity contribution in [2.75, 3.05) is 5.73 Å². The first-order chi connectivity index (χ1) is 10.7. The van der Waals surface area contributed by atoms with Gasteiger partial charge in [0.15, 0.2) is 17.7 Å². The minimum atomic E-state index is -1.24. The van der Waals surface area contributed by atoms with Crippen LogP contribution in [-0.2, 0) is 4.74 Å². The molecule has 0 aliphatic carbocycles. The molecule has 0 radical (unpaired) electrons. The van der Waals surface area contributed by atoms with Crippen molar-refractivity contribution >= 4 is 17.0 Å². The first-order valence-electron chi connectivity index (χ1n) is 7.41. The summed E-state index contributed by atoms with van der Waals surface area (Å²) in [5, 5.41) is 20.6. The van der Waals surface area contributed by atoms with E-state index in [1.807, 2.05) is 20.8 Å². The number of fused-ring (bicyclic) bond motifs is 1. The number of aliphatic hydroxyl groups excluding tert-OH is 2. The van der Waals surface area contributed by atoms with Gasteiger partial charge in [0.25, 0.3) is 0 Å². The minimum absolute atomic E-state index is 0.0992. The summed E-state index contributed by atoms with van der Waals surface area (Å²) in [6, 6.07) is 0. The molecule has 9 heteroatoms. The summed E-state index contributed by atoms with van der Waals surface area (Å²) in [5.41, 5.74) is 5.61. The number of nitrogen functional groups attached to an aromatic ring is 1. The molecule has 126 valence electrons. The maximum atomic E-state index is 12.2. The van der Waals surface area contributed by atoms with Gasteiger partial charge >= 0.3 is 5.69 Å². The third-order valence-corrected chi connectivity index (χ3v) is 3.94. The number of ether oxygens (including phenoxy) is 1. The SMILES string of the molecule is CC(C)(C)CC1OC(n2c(=O)[nH]c3c(N)ncnc32)C(O)C1O. The monoisotopic (exact) mass is 323 g/mol. The van der Waals surface area contributed by atoms with Gasteiger partial charge in [0, 0.05) is 0 Å². The van der Waals surface area contributed by atoms with Crippen molar-refractivity contribution in [1.29, 1.82) is 0 Å². The summed E-state index contributed by atoms with van der Waals surface area (Å²) in [4.78, 5) is 22.6. The average Bonchev–Trinajstić information content (AvgIpc) is 2.90.